The SMILES string of the molecule is CC1CCN(c2ccc(/C=C(\C#N)C(=O)Nc3ccc(F)cc3)o2)CC1. The summed E-state index contributed by atoms with van der Waals surface area (Å²) in [6.07, 6.45) is 3.65. The minimum atomic E-state index is -0.566. The lowest BCUT2D eigenvalue weighted by molar-refractivity contribution is -0.112. The summed E-state index contributed by atoms with van der Waals surface area (Å²) in [6.45, 7) is 4.12. The molecule has 1 fully saturated rings. The molecular formula is C20H20FN3O2. The molecule has 0 saturated carbocycles. The fraction of sp³-hybridized carbons (Fsp3) is 0.300. The standard InChI is InChI=1S/C20H20FN3O2/c1-14-8-10-24(11-9-14)19-7-6-18(26-19)12-15(13-22)20(25)23-17-4-2-16(21)3-5-17/h2-7,12,14H,8-11H2,1H3,(H,23,25)/b15-12+. The van der Waals surface area contributed by atoms with Crippen molar-refractivity contribution in [1.29, 1.82) is 5.26 Å². The number of anilines is 2. The van der Waals surface area contributed by atoms with Crippen LogP contribution in [0.1, 0.15) is 25.5 Å². The van der Waals surface area contributed by atoms with E-state index >= 15 is 0 Å². The number of halogens is 1. The number of nitriles is 1. The third-order valence-corrected chi connectivity index (χ3v) is 4.46. The molecule has 0 radical (unpaired) electrons. The third kappa shape index (κ3) is 4.31. The molecule has 3 rings (SSSR count). The van der Waals surface area contributed by atoms with Crippen LogP contribution in [0, 0.1) is 23.1 Å². The quantitative estimate of drug-likeness (QED) is 0.661. The predicted molar refractivity (Wildman–Crippen MR) is 97.9 cm³/mol. The molecule has 1 aromatic carbocycles. The van der Waals surface area contributed by atoms with Crippen LogP contribution in [-0.2, 0) is 4.79 Å². The molecule has 1 aliphatic rings. The first-order chi connectivity index (χ1) is 12.5. The number of carbonyl (C=O) groups excluding carboxylic acids is 1. The number of hydrogen-bond acceptors (Lipinski definition) is 4. The molecule has 0 aliphatic carbocycles. The molecule has 5 nitrogen and oxygen atoms in total. The van der Waals surface area contributed by atoms with Gasteiger partial charge in [0.2, 0.25) is 0 Å². The highest BCUT2D eigenvalue weighted by molar-refractivity contribution is 6.09. The van der Waals surface area contributed by atoms with Crippen LogP contribution in [0.15, 0.2) is 46.4 Å². The summed E-state index contributed by atoms with van der Waals surface area (Å²) < 4.78 is 18.7. The molecule has 2 heterocycles. The van der Waals surface area contributed by atoms with E-state index in [9.17, 15) is 14.4 Å². The van der Waals surface area contributed by atoms with Gasteiger partial charge in [-0.2, -0.15) is 5.26 Å². The molecule has 1 aliphatic heterocycles. The first kappa shape index (κ1) is 17.7. The van der Waals surface area contributed by atoms with Crippen molar-refractivity contribution in [3.63, 3.8) is 0 Å². The van der Waals surface area contributed by atoms with Gasteiger partial charge < -0.3 is 14.6 Å². The van der Waals surface area contributed by atoms with Crippen molar-refractivity contribution in [3.05, 3.63) is 53.5 Å². The second kappa shape index (κ2) is 7.87. The van der Waals surface area contributed by atoms with Crippen molar-refractivity contribution in [2.24, 2.45) is 5.92 Å². The zero-order valence-electron chi connectivity index (χ0n) is 14.5. The largest absolute Gasteiger partial charge is 0.441 e. The molecule has 1 saturated heterocycles. The summed E-state index contributed by atoms with van der Waals surface area (Å²) in [6, 6.07) is 10.8. The fourth-order valence-corrected chi connectivity index (χ4v) is 2.84. The molecule has 134 valence electrons. The zero-order chi connectivity index (χ0) is 18.5. The monoisotopic (exact) mass is 353 g/mol. The normalized spacial score (nSPS) is 15.6. The Hall–Kier alpha value is -3.07. The number of amides is 1. The number of nitrogens with zero attached hydrogens (tertiary/aromatic N) is 2. The van der Waals surface area contributed by atoms with Gasteiger partial charge in [0.1, 0.15) is 23.2 Å². The number of furan rings is 1. The van der Waals surface area contributed by atoms with Crippen LogP contribution in [0.2, 0.25) is 0 Å². The van der Waals surface area contributed by atoms with E-state index in [4.69, 9.17) is 4.42 Å². The van der Waals surface area contributed by atoms with Gasteiger partial charge in [0.25, 0.3) is 5.91 Å². The van der Waals surface area contributed by atoms with Crippen LogP contribution < -0.4 is 10.2 Å². The molecule has 1 N–H and O–H groups in total. The molecule has 0 bridgehead atoms. The summed E-state index contributed by atoms with van der Waals surface area (Å²) in [7, 11) is 0. The highest BCUT2D eigenvalue weighted by Gasteiger charge is 2.18. The average molecular weight is 353 g/mol. The highest BCUT2D eigenvalue weighted by Crippen LogP contribution is 2.26. The Morgan fingerprint density at radius 2 is 1.96 bits per heavy atom. The summed E-state index contributed by atoms with van der Waals surface area (Å²) in [5, 5.41) is 11.8. The van der Waals surface area contributed by atoms with E-state index in [1.165, 1.54) is 30.3 Å². The van der Waals surface area contributed by atoms with E-state index < -0.39 is 11.7 Å². The molecular weight excluding hydrogens is 333 g/mol. The van der Waals surface area contributed by atoms with Gasteiger partial charge >= 0.3 is 0 Å². The topological polar surface area (TPSA) is 69.3 Å². The number of piperidine rings is 1. The van der Waals surface area contributed by atoms with Crippen LogP contribution >= 0.6 is 0 Å². The van der Waals surface area contributed by atoms with Gasteiger partial charge in [-0.15, -0.1) is 0 Å². The summed E-state index contributed by atoms with van der Waals surface area (Å²) in [5.74, 6) is 0.961. The summed E-state index contributed by atoms with van der Waals surface area (Å²) >= 11 is 0. The van der Waals surface area contributed by atoms with Gasteiger partial charge in [0.05, 0.1) is 0 Å². The zero-order valence-corrected chi connectivity index (χ0v) is 14.5. The number of carbonyl (C=O) groups is 1. The maximum Gasteiger partial charge on any atom is 0.266 e. The van der Waals surface area contributed by atoms with Crippen molar-refractivity contribution in [1.82, 2.24) is 0 Å². The van der Waals surface area contributed by atoms with Crippen molar-refractivity contribution < 1.29 is 13.6 Å². The van der Waals surface area contributed by atoms with Crippen molar-refractivity contribution in [3.8, 4) is 6.07 Å². The first-order valence-corrected chi connectivity index (χ1v) is 8.58. The Kier molecular flexibility index (Phi) is 5.37. The molecule has 0 unspecified atom stereocenters. The van der Waals surface area contributed by atoms with Gasteiger partial charge in [-0.25, -0.2) is 4.39 Å². The van der Waals surface area contributed by atoms with E-state index in [2.05, 4.69) is 17.1 Å². The van der Waals surface area contributed by atoms with Gasteiger partial charge in [-0.05, 0) is 49.1 Å². The number of rotatable bonds is 4. The minimum Gasteiger partial charge on any atom is -0.441 e. The fourth-order valence-electron chi connectivity index (χ4n) is 2.84. The third-order valence-electron chi connectivity index (χ3n) is 4.46. The van der Waals surface area contributed by atoms with Crippen LogP contribution in [0.4, 0.5) is 16.0 Å². The van der Waals surface area contributed by atoms with E-state index in [1.807, 2.05) is 12.1 Å². The van der Waals surface area contributed by atoms with Crippen LogP contribution in [0.5, 0.6) is 0 Å². The molecule has 1 amide bonds. The van der Waals surface area contributed by atoms with Crippen molar-refractivity contribution in [2.75, 3.05) is 23.3 Å². The van der Waals surface area contributed by atoms with E-state index in [0.29, 0.717) is 11.4 Å². The van der Waals surface area contributed by atoms with Crippen LogP contribution in [0.3, 0.4) is 0 Å². The lowest BCUT2D eigenvalue weighted by atomic mass is 9.99. The Labute approximate surface area is 151 Å². The molecule has 2 aromatic rings. The lowest BCUT2D eigenvalue weighted by Gasteiger charge is -2.29. The number of nitrogens with one attached hydrogen (secondary N) is 1. The summed E-state index contributed by atoms with van der Waals surface area (Å²) in [5.41, 5.74) is 0.336. The van der Waals surface area contributed by atoms with E-state index in [1.54, 1.807) is 6.07 Å². The molecule has 26 heavy (non-hydrogen) atoms. The second-order valence-corrected chi connectivity index (χ2v) is 6.48. The molecule has 6 heteroatoms. The second-order valence-electron chi connectivity index (χ2n) is 6.48. The minimum absolute atomic E-state index is 0.0810. The highest BCUT2D eigenvalue weighted by atomic mass is 19.1. The Bertz CT molecular complexity index is 841. The van der Waals surface area contributed by atoms with E-state index in [0.717, 1.165) is 37.7 Å². The van der Waals surface area contributed by atoms with Gasteiger partial charge in [0.15, 0.2) is 5.88 Å². The number of hydrogen-bond donors (Lipinski definition) is 1. The molecule has 1 aromatic heterocycles. The van der Waals surface area contributed by atoms with E-state index in [-0.39, 0.29) is 5.57 Å². The van der Waals surface area contributed by atoms with Crippen LogP contribution in [-0.4, -0.2) is 19.0 Å². The maximum atomic E-state index is 12.9. The lowest BCUT2D eigenvalue weighted by Crippen LogP contribution is -2.32. The van der Waals surface area contributed by atoms with Crippen LogP contribution in [0.25, 0.3) is 6.08 Å². The first-order valence-electron chi connectivity index (χ1n) is 8.58. The van der Waals surface area contributed by atoms with Gasteiger partial charge in [-0.3, -0.25) is 4.79 Å². The predicted octanol–water partition coefficient (Wildman–Crippen LogP) is 4.20. The smallest absolute Gasteiger partial charge is 0.266 e. The van der Waals surface area contributed by atoms with Gasteiger partial charge in [0, 0.05) is 30.9 Å². The average Bonchev–Trinajstić information content (AvgIpc) is 3.11. The Morgan fingerprint density at radius 1 is 1.27 bits per heavy atom. The summed E-state index contributed by atoms with van der Waals surface area (Å²) in [4.78, 5) is 14.4. The van der Waals surface area contributed by atoms with Crippen molar-refractivity contribution in [2.45, 2.75) is 19.8 Å². The van der Waals surface area contributed by atoms with Crippen molar-refractivity contribution >= 4 is 23.6 Å². The number of benzene rings is 1. The molecule has 0 spiro atoms. The Morgan fingerprint density at radius 3 is 2.62 bits per heavy atom. The maximum absolute atomic E-state index is 12.9. The molecule has 0 atom stereocenters. The Balaban J connectivity index is 1.69. The van der Waals surface area contributed by atoms with Gasteiger partial charge in [-0.1, -0.05) is 6.92 Å².